The number of hydrogen-bond acceptors (Lipinski definition) is 4. The van der Waals surface area contributed by atoms with Crippen molar-refractivity contribution in [2.24, 2.45) is 5.73 Å². The molecule has 0 bridgehead atoms. The molecule has 17 heavy (non-hydrogen) atoms. The zero-order valence-electron chi connectivity index (χ0n) is 10.3. The van der Waals surface area contributed by atoms with Crippen molar-refractivity contribution in [3.05, 3.63) is 23.9 Å². The van der Waals surface area contributed by atoms with Gasteiger partial charge in [0.15, 0.2) is 0 Å². The van der Waals surface area contributed by atoms with E-state index < -0.39 is 0 Å². The second kappa shape index (κ2) is 5.98. The summed E-state index contributed by atoms with van der Waals surface area (Å²) in [6.07, 6.45) is 5.41. The van der Waals surface area contributed by atoms with Crippen LogP contribution in [0.4, 0.5) is 0 Å². The standard InChI is InChI=1S/C13H20N2O2/c1-10(14)11-5-6-15-13(8-11)17-9-12-4-2-3-7-16-12/h5-6,8,10,12H,2-4,7,9,14H2,1H3/t10-,12?/m0/s1. The van der Waals surface area contributed by atoms with Crippen LogP contribution in [0, 0.1) is 0 Å². The Morgan fingerprint density at radius 3 is 3.18 bits per heavy atom. The van der Waals surface area contributed by atoms with Crippen LogP contribution in [-0.2, 0) is 4.74 Å². The summed E-state index contributed by atoms with van der Waals surface area (Å²) in [5, 5.41) is 0. The average molecular weight is 236 g/mol. The van der Waals surface area contributed by atoms with Crippen molar-refractivity contribution in [3.8, 4) is 5.88 Å². The fraction of sp³-hybridized carbons (Fsp3) is 0.615. The van der Waals surface area contributed by atoms with E-state index in [1.807, 2.05) is 19.1 Å². The fourth-order valence-corrected chi connectivity index (χ4v) is 1.90. The van der Waals surface area contributed by atoms with Crippen LogP contribution in [0.5, 0.6) is 5.88 Å². The molecule has 1 aliphatic heterocycles. The molecule has 0 amide bonds. The smallest absolute Gasteiger partial charge is 0.213 e. The van der Waals surface area contributed by atoms with Crippen LogP contribution >= 0.6 is 0 Å². The third-order valence-electron chi connectivity index (χ3n) is 2.98. The van der Waals surface area contributed by atoms with E-state index >= 15 is 0 Å². The minimum absolute atomic E-state index is 0.00582. The molecule has 4 heteroatoms. The highest BCUT2D eigenvalue weighted by molar-refractivity contribution is 5.22. The third kappa shape index (κ3) is 3.68. The number of ether oxygens (including phenoxy) is 2. The first-order valence-electron chi connectivity index (χ1n) is 6.21. The molecule has 1 aromatic rings. The molecule has 1 aliphatic rings. The van der Waals surface area contributed by atoms with Crippen molar-refractivity contribution in [2.45, 2.75) is 38.3 Å². The second-order valence-corrected chi connectivity index (χ2v) is 4.52. The summed E-state index contributed by atoms with van der Waals surface area (Å²) in [4.78, 5) is 4.17. The van der Waals surface area contributed by atoms with Gasteiger partial charge in [-0.25, -0.2) is 4.98 Å². The van der Waals surface area contributed by atoms with Gasteiger partial charge in [-0.15, -0.1) is 0 Å². The molecule has 1 saturated heterocycles. The van der Waals surface area contributed by atoms with Gasteiger partial charge in [-0.1, -0.05) is 0 Å². The number of pyridine rings is 1. The van der Waals surface area contributed by atoms with Crippen molar-refractivity contribution in [1.29, 1.82) is 0 Å². The van der Waals surface area contributed by atoms with E-state index in [4.69, 9.17) is 15.2 Å². The minimum atomic E-state index is 0.00582. The topological polar surface area (TPSA) is 57.4 Å². The number of aromatic nitrogens is 1. The minimum Gasteiger partial charge on any atom is -0.475 e. The Morgan fingerprint density at radius 1 is 1.59 bits per heavy atom. The Bertz CT molecular complexity index is 349. The van der Waals surface area contributed by atoms with Gasteiger partial charge in [0.1, 0.15) is 6.61 Å². The van der Waals surface area contributed by atoms with E-state index in [1.54, 1.807) is 6.20 Å². The molecule has 0 spiro atoms. The molecule has 0 radical (unpaired) electrons. The summed E-state index contributed by atoms with van der Waals surface area (Å²) in [6.45, 7) is 3.38. The summed E-state index contributed by atoms with van der Waals surface area (Å²) in [6, 6.07) is 3.81. The Labute approximate surface area is 102 Å². The molecule has 1 fully saturated rings. The summed E-state index contributed by atoms with van der Waals surface area (Å²) in [5.41, 5.74) is 6.85. The highest BCUT2D eigenvalue weighted by Crippen LogP contribution is 2.17. The van der Waals surface area contributed by atoms with Crippen molar-refractivity contribution in [1.82, 2.24) is 4.98 Å². The summed E-state index contributed by atoms with van der Waals surface area (Å²) >= 11 is 0. The molecule has 2 rings (SSSR count). The number of nitrogens with zero attached hydrogens (tertiary/aromatic N) is 1. The van der Waals surface area contributed by atoms with E-state index in [-0.39, 0.29) is 12.1 Å². The van der Waals surface area contributed by atoms with Crippen LogP contribution in [0.3, 0.4) is 0 Å². The van der Waals surface area contributed by atoms with Gasteiger partial charge < -0.3 is 15.2 Å². The van der Waals surface area contributed by atoms with Gasteiger partial charge in [0.25, 0.3) is 0 Å². The van der Waals surface area contributed by atoms with Gasteiger partial charge in [-0.05, 0) is 37.8 Å². The van der Waals surface area contributed by atoms with Crippen molar-refractivity contribution in [3.63, 3.8) is 0 Å². The van der Waals surface area contributed by atoms with Crippen molar-refractivity contribution in [2.75, 3.05) is 13.2 Å². The van der Waals surface area contributed by atoms with Crippen LogP contribution in [-0.4, -0.2) is 24.3 Å². The Balaban J connectivity index is 1.87. The van der Waals surface area contributed by atoms with Crippen LogP contribution in [0.1, 0.15) is 37.8 Å². The van der Waals surface area contributed by atoms with E-state index in [0.29, 0.717) is 12.5 Å². The number of nitrogens with two attached hydrogens (primary N) is 1. The highest BCUT2D eigenvalue weighted by Gasteiger charge is 2.14. The third-order valence-corrected chi connectivity index (χ3v) is 2.98. The van der Waals surface area contributed by atoms with Gasteiger partial charge in [0.2, 0.25) is 5.88 Å². The lowest BCUT2D eigenvalue weighted by atomic mass is 10.1. The summed E-state index contributed by atoms with van der Waals surface area (Å²) in [7, 11) is 0. The monoisotopic (exact) mass is 236 g/mol. The zero-order valence-corrected chi connectivity index (χ0v) is 10.3. The molecule has 2 atom stereocenters. The normalized spacial score (nSPS) is 22.1. The molecule has 4 nitrogen and oxygen atoms in total. The molecule has 2 heterocycles. The van der Waals surface area contributed by atoms with Crippen molar-refractivity contribution < 1.29 is 9.47 Å². The largest absolute Gasteiger partial charge is 0.475 e. The molecular weight excluding hydrogens is 216 g/mol. The summed E-state index contributed by atoms with van der Waals surface area (Å²) in [5.74, 6) is 0.633. The molecule has 0 aliphatic carbocycles. The lowest BCUT2D eigenvalue weighted by Crippen LogP contribution is -2.26. The maximum Gasteiger partial charge on any atom is 0.213 e. The molecule has 1 aromatic heterocycles. The molecule has 94 valence electrons. The molecule has 1 unspecified atom stereocenters. The lowest BCUT2D eigenvalue weighted by Gasteiger charge is -2.22. The van der Waals surface area contributed by atoms with Crippen LogP contribution in [0.25, 0.3) is 0 Å². The van der Waals surface area contributed by atoms with Gasteiger partial charge in [-0.3, -0.25) is 0 Å². The van der Waals surface area contributed by atoms with Gasteiger partial charge in [0.05, 0.1) is 6.10 Å². The molecule has 0 aromatic carbocycles. The van der Waals surface area contributed by atoms with Crippen LogP contribution in [0.2, 0.25) is 0 Å². The zero-order chi connectivity index (χ0) is 12.1. The maximum absolute atomic E-state index is 5.81. The first-order valence-corrected chi connectivity index (χ1v) is 6.21. The lowest BCUT2D eigenvalue weighted by molar-refractivity contribution is -0.0119. The molecule has 0 saturated carbocycles. The second-order valence-electron chi connectivity index (χ2n) is 4.52. The van der Waals surface area contributed by atoms with E-state index in [2.05, 4.69) is 4.98 Å². The first-order chi connectivity index (χ1) is 8.25. The predicted molar refractivity (Wildman–Crippen MR) is 65.9 cm³/mol. The SMILES string of the molecule is C[C@H](N)c1ccnc(OCC2CCCCO2)c1. The number of rotatable bonds is 4. The maximum atomic E-state index is 5.81. The van der Waals surface area contributed by atoms with Crippen LogP contribution < -0.4 is 10.5 Å². The summed E-state index contributed by atoms with van der Waals surface area (Å²) < 4.78 is 11.2. The van der Waals surface area contributed by atoms with E-state index in [9.17, 15) is 0 Å². The average Bonchev–Trinajstić information content (AvgIpc) is 2.38. The van der Waals surface area contributed by atoms with Gasteiger partial charge in [-0.2, -0.15) is 0 Å². The van der Waals surface area contributed by atoms with E-state index in [0.717, 1.165) is 25.0 Å². The first kappa shape index (κ1) is 12.3. The Hall–Kier alpha value is -1.13. The predicted octanol–water partition coefficient (Wildman–Crippen LogP) is 2.05. The van der Waals surface area contributed by atoms with Crippen molar-refractivity contribution >= 4 is 0 Å². The fourth-order valence-electron chi connectivity index (χ4n) is 1.90. The molecule has 2 N–H and O–H groups in total. The quantitative estimate of drug-likeness (QED) is 0.869. The highest BCUT2D eigenvalue weighted by atomic mass is 16.5. The Kier molecular flexibility index (Phi) is 4.34. The van der Waals surface area contributed by atoms with Gasteiger partial charge >= 0.3 is 0 Å². The number of hydrogen-bond donors (Lipinski definition) is 1. The van der Waals surface area contributed by atoms with Crippen LogP contribution in [0.15, 0.2) is 18.3 Å². The van der Waals surface area contributed by atoms with Gasteiger partial charge in [0, 0.05) is 24.9 Å². The Morgan fingerprint density at radius 2 is 2.47 bits per heavy atom. The molecular formula is C13H20N2O2. The van der Waals surface area contributed by atoms with E-state index in [1.165, 1.54) is 6.42 Å².